The fourth-order valence-corrected chi connectivity index (χ4v) is 4.40. The van der Waals surface area contributed by atoms with Crippen LogP contribution in [0.2, 0.25) is 0 Å². The maximum Gasteiger partial charge on any atom is 0.250 e. The van der Waals surface area contributed by atoms with Crippen LogP contribution in [0.15, 0.2) is 35.5 Å². The van der Waals surface area contributed by atoms with Gasteiger partial charge in [-0.25, -0.2) is 8.42 Å². The van der Waals surface area contributed by atoms with Crippen molar-refractivity contribution in [2.75, 3.05) is 5.75 Å². The Bertz CT molecular complexity index is 840. The summed E-state index contributed by atoms with van der Waals surface area (Å²) in [5, 5.41) is 10.4. The summed E-state index contributed by atoms with van der Waals surface area (Å²) in [7, 11) is -2.26. The lowest BCUT2D eigenvalue weighted by Crippen LogP contribution is -2.39. The molecule has 3 rings (SSSR count). The molecule has 8 heteroatoms. The smallest absolute Gasteiger partial charge is 0.250 e. The third-order valence-electron chi connectivity index (χ3n) is 4.44. The van der Waals surface area contributed by atoms with Crippen LogP contribution >= 0.6 is 0 Å². The topological polar surface area (TPSA) is 93.9 Å². The van der Waals surface area contributed by atoms with Gasteiger partial charge >= 0.3 is 0 Å². The van der Waals surface area contributed by atoms with Crippen LogP contribution in [0.4, 0.5) is 0 Å². The van der Waals surface area contributed by atoms with Crippen molar-refractivity contribution in [3.05, 3.63) is 30.3 Å². The molecule has 0 atom stereocenters. The molecule has 0 spiro atoms. The van der Waals surface area contributed by atoms with Crippen LogP contribution in [0.5, 0.6) is 0 Å². The average molecular weight is 362 g/mol. The molecule has 0 aliphatic heterocycles. The molecule has 2 aromatic rings. The van der Waals surface area contributed by atoms with Crippen LogP contribution in [0.3, 0.4) is 0 Å². The van der Waals surface area contributed by atoms with E-state index in [9.17, 15) is 13.2 Å². The minimum atomic E-state index is -3.85. The van der Waals surface area contributed by atoms with Gasteiger partial charge in [0, 0.05) is 18.7 Å². The van der Waals surface area contributed by atoms with E-state index in [0.717, 1.165) is 31.2 Å². The number of nitrogens with zero attached hydrogens (tertiary/aromatic N) is 3. The zero-order chi connectivity index (χ0) is 17.9. The lowest BCUT2D eigenvalue weighted by Gasteiger charge is -2.22. The van der Waals surface area contributed by atoms with Gasteiger partial charge in [-0.05, 0) is 12.8 Å². The molecule has 1 amide bonds. The highest BCUT2D eigenvalue weighted by Gasteiger charge is 2.27. The van der Waals surface area contributed by atoms with Gasteiger partial charge in [0.05, 0.1) is 0 Å². The largest absolute Gasteiger partial charge is 0.352 e. The lowest BCUT2D eigenvalue weighted by molar-refractivity contribution is -0.119. The molecule has 1 fully saturated rings. The Kier molecular flexibility index (Phi) is 5.17. The Labute approximate surface area is 147 Å². The van der Waals surface area contributed by atoms with Crippen molar-refractivity contribution in [1.82, 2.24) is 20.1 Å². The van der Waals surface area contributed by atoms with Gasteiger partial charge in [-0.3, -0.25) is 4.79 Å². The van der Waals surface area contributed by atoms with Crippen molar-refractivity contribution >= 4 is 15.7 Å². The normalized spacial score (nSPS) is 15.9. The zero-order valence-corrected chi connectivity index (χ0v) is 15.0. The van der Waals surface area contributed by atoms with Gasteiger partial charge in [0.25, 0.3) is 0 Å². The van der Waals surface area contributed by atoms with Crippen LogP contribution in [0, 0.1) is 0 Å². The standard InChI is InChI=1S/C17H22N4O3S/c1-21-16(13-8-4-2-5-9-13)19-20-17(21)25(23,24)12-15(22)18-14-10-6-3-7-11-14/h2,4-5,8-9,14H,3,6-7,10-12H2,1H3,(H,18,22). The first-order valence-corrected chi connectivity index (χ1v) is 10.1. The lowest BCUT2D eigenvalue weighted by atomic mass is 9.95. The highest BCUT2D eigenvalue weighted by atomic mass is 32.2. The van der Waals surface area contributed by atoms with Crippen molar-refractivity contribution < 1.29 is 13.2 Å². The Morgan fingerprint density at radius 1 is 1.16 bits per heavy atom. The van der Waals surface area contributed by atoms with Crippen LogP contribution in [0.1, 0.15) is 32.1 Å². The average Bonchev–Trinajstić information content (AvgIpc) is 2.98. The number of nitrogens with one attached hydrogen (secondary N) is 1. The second-order valence-corrected chi connectivity index (χ2v) is 8.28. The number of hydrogen-bond donors (Lipinski definition) is 1. The quantitative estimate of drug-likeness (QED) is 0.874. The Balaban J connectivity index is 1.74. The summed E-state index contributed by atoms with van der Waals surface area (Å²) in [4.78, 5) is 12.1. The fraction of sp³-hybridized carbons (Fsp3) is 0.471. The molecule has 1 aromatic heterocycles. The SMILES string of the molecule is Cn1c(-c2ccccc2)nnc1S(=O)(=O)CC(=O)NC1CCCCC1. The molecule has 0 radical (unpaired) electrons. The number of benzene rings is 1. The molecular weight excluding hydrogens is 340 g/mol. The van der Waals surface area contributed by atoms with E-state index in [1.54, 1.807) is 7.05 Å². The maximum absolute atomic E-state index is 12.6. The number of amides is 1. The third-order valence-corrected chi connectivity index (χ3v) is 5.99. The number of hydrogen-bond acceptors (Lipinski definition) is 5. The van der Waals surface area contributed by atoms with Gasteiger partial charge < -0.3 is 9.88 Å². The summed E-state index contributed by atoms with van der Waals surface area (Å²) in [5.41, 5.74) is 0.769. The summed E-state index contributed by atoms with van der Waals surface area (Å²) >= 11 is 0. The van der Waals surface area contributed by atoms with Crippen molar-refractivity contribution in [1.29, 1.82) is 0 Å². The third kappa shape index (κ3) is 4.07. The van der Waals surface area contributed by atoms with Crippen molar-refractivity contribution in [2.45, 2.75) is 43.3 Å². The van der Waals surface area contributed by atoms with Gasteiger partial charge in [0.1, 0.15) is 5.75 Å². The maximum atomic E-state index is 12.6. The number of carbonyl (C=O) groups is 1. The van der Waals surface area contributed by atoms with Gasteiger partial charge in [0.2, 0.25) is 20.9 Å². The Hall–Kier alpha value is -2.22. The van der Waals surface area contributed by atoms with E-state index in [1.165, 1.54) is 11.0 Å². The summed E-state index contributed by atoms with van der Waals surface area (Å²) in [6, 6.07) is 9.29. The predicted molar refractivity (Wildman–Crippen MR) is 93.5 cm³/mol. The highest BCUT2D eigenvalue weighted by molar-refractivity contribution is 7.91. The van der Waals surface area contributed by atoms with Crippen LogP contribution in [-0.4, -0.2) is 40.9 Å². The predicted octanol–water partition coefficient (Wildman–Crippen LogP) is 1.70. The van der Waals surface area contributed by atoms with E-state index in [0.29, 0.717) is 5.82 Å². The summed E-state index contributed by atoms with van der Waals surface area (Å²) in [6.45, 7) is 0. The van der Waals surface area contributed by atoms with E-state index in [4.69, 9.17) is 0 Å². The van der Waals surface area contributed by atoms with Crippen LogP contribution in [0.25, 0.3) is 11.4 Å². The minimum Gasteiger partial charge on any atom is -0.352 e. The second-order valence-electron chi connectivity index (χ2n) is 6.39. The number of rotatable bonds is 5. The van der Waals surface area contributed by atoms with Crippen molar-refractivity contribution in [2.24, 2.45) is 7.05 Å². The van der Waals surface area contributed by atoms with Crippen LogP contribution < -0.4 is 5.32 Å². The Morgan fingerprint density at radius 3 is 2.52 bits per heavy atom. The first kappa shape index (κ1) is 17.6. The fourth-order valence-electron chi connectivity index (χ4n) is 3.18. The molecular formula is C17H22N4O3S. The molecule has 0 bridgehead atoms. The molecule has 1 heterocycles. The zero-order valence-electron chi connectivity index (χ0n) is 14.2. The number of carbonyl (C=O) groups excluding carboxylic acids is 1. The Morgan fingerprint density at radius 2 is 1.84 bits per heavy atom. The first-order chi connectivity index (χ1) is 12.0. The van der Waals surface area contributed by atoms with Gasteiger partial charge in [-0.15, -0.1) is 10.2 Å². The minimum absolute atomic E-state index is 0.0795. The van der Waals surface area contributed by atoms with Gasteiger partial charge in [-0.2, -0.15) is 0 Å². The number of aromatic nitrogens is 3. The molecule has 1 aromatic carbocycles. The molecule has 0 saturated heterocycles. The van der Waals surface area contributed by atoms with Crippen molar-refractivity contribution in [3.63, 3.8) is 0 Å². The monoisotopic (exact) mass is 362 g/mol. The van der Waals surface area contributed by atoms with E-state index in [-0.39, 0.29) is 11.2 Å². The summed E-state index contributed by atoms with van der Waals surface area (Å²) in [5.74, 6) is -0.632. The molecule has 1 aliphatic rings. The molecule has 1 saturated carbocycles. The summed E-state index contributed by atoms with van der Waals surface area (Å²) in [6.07, 6.45) is 5.14. The second kappa shape index (κ2) is 7.35. The molecule has 1 N–H and O–H groups in total. The molecule has 7 nitrogen and oxygen atoms in total. The molecule has 134 valence electrons. The van der Waals surface area contributed by atoms with E-state index in [1.807, 2.05) is 30.3 Å². The van der Waals surface area contributed by atoms with Gasteiger partial charge in [0.15, 0.2) is 5.82 Å². The van der Waals surface area contributed by atoms with E-state index in [2.05, 4.69) is 15.5 Å². The molecule has 1 aliphatic carbocycles. The van der Waals surface area contributed by atoms with E-state index < -0.39 is 21.5 Å². The molecule has 0 unspecified atom stereocenters. The van der Waals surface area contributed by atoms with Crippen LogP contribution in [-0.2, 0) is 21.7 Å². The van der Waals surface area contributed by atoms with E-state index >= 15 is 0 Å². The van der Waals surface area contributed by atoms with Crippen molar-refractivity contribution in [3.8, 4) is 11.4 Å². The number of sulfone groups is 1. The molecule has 25 heavy (non-hydrogen) atoms. The highest BCUT2D eigenvalue weighted by Crippen LogP contribution is 2.20. The van der Waals surface area contributed by atoms with Gasteiger partial charge in [-0.1, -0.05) is 49.6 Å². The summed E-state index contributed by atoms with van der Waals surface area (Å²) < 4.78 is 26.5. The first-order valence-electron chi connectivity index (χ1n) is 8.44.